The van der Waals surface area contributed by atoms with Crippen molar-refractivity contribution in [2.45, 2.75) is 44.8 Å². The number of ether oxygens (including phenoxy) is 1. The summed E-state index contributed by atoms with van der Waals surface area (Å²) in [7, 11) is 0. The highest BCUT2D eigenvalue weighted by molar-refractivity contribution is 7.15. The summed E-state index contributed by atoms with van der Waals surface area (Å²) in [6.07, 6.45) is 4.18. The zero-order valence-electron chi connectivity index (χ0n) is 12.9. The maximum absolute atomic E-state index is 12.5. The lowest BCUT2D eigenvalue weighted by Crippen LogP contribution is -2.42. The average Bonchev–Trinajstić information content (AvgIpc) is 3.25. The molecule has 3 atom stereocenters. The molecule has 0 unspecified atom stereocenters. The van der Waals surface area contributed by atoms with Gasteiger partial charge >= 0.3 is 0 Å². The summed E-state index contributed by atoms with van der Waals surface area (Å²) in [5, 5.41) is 10.3. The number of aryl methyl sites for hydroxylation is 1. The van der Waals surface area contributed by atoms with E-state index < -0.39 is 0 Å². The van der Waals surface area contributed by atoms with E-state index in [9.17, 15) is 4.79 Å². The molecule has 0 N–H and O–H groups in total. The van der Waals surface area contributed by atoms with Gasteiger partial charge in [0.2, 0.25) is 5.13 Å². The third-order valence-corrected chi connectivity index (χ3v) is 5.93. The maximum atomic E-state index is 12.5. The van der Waals surface area contributed by atoms with Crippen LogP contribution in [0.1, 0.15) is 30.7 Å². The van der Waals surface area contributed by atoms with E-state index >= 15 is 0 Å². The van der Waals surface area contributed by atoms with Gasteiger partial charge in [-0.05, 0) is 38.5 Å². The molecule has 0 aliphatic carbocycles. The first-order valence-electron chi connectivity index (χ1n) is 8.20. The summed E-state index contributed by atoms with van der Waals surface area (Å²) >= 11 is 1.63. The summed E-state index contributed by atoms with van der Waals surface area (Å²) in [4.78, 5) is 16.8. The molecule has 6 nitrogen and oxygen atoms in total. The molecular formula is C15H22N4O2S. The molecule has 3 saturated heterocycles. The lowest BCUT2D eigenvalue weighted by molar-refractivity contribution is -0.141. The van der Waals surface area contributed by atoms with Gasteiger partial charge in [-0.25, -0.2) is 0 Å². The van der Waals surface area contributed by atoms with E-state index in [1.807, 2.05) is 11.8 Å². The SMILES string of the molecule is Cc1nnc(N2CC[C@H]3C[C@H](C(=O)N4CCCC4)O[C@@H]3C2)s1. The molecule has 3 aliphatic rings. The fourth-order valence-electron chi connectivity index (χ4n) is 3.82. The van der Waals surface area contributed by atoms with Gasteiger partial charge in [-0.1, -0.05) is 11.3 Å². The number of carbonyl (C=O) groups excluding carboxylic acids is 1. The van der Waals surface area contributed by atoms with Gasteiger partial charge in [0.25, 0.3) is 5.91 Å². The molecule has 120 valence electrons. The number of hydrogen-bond donors (Lipinski definition) is 0. The Bertz CT molecular complexity index is 557. The quantitative estimate of drug-likeness (QED) is 0.825. The Balaban J connectivity index is 1.40. The van der Waals surface area contributed by atoms with E-state index in [-0.39, 0.29) is 18.1 Å². The standard InChI is InChI=1S/C15H22N4O2S/c1-10-16-17-15(22-10)19-7-4-11-8-12(21-13(11)9-19)14(20)18-5-2-3-6-18/h11-13H,2-9H2,1H3/t11-,12+,13+/m0/s1. The molecule has 3 fully saturated rings. The highest BCUT2D eigenvalue weighted by atomic mass is 32.1. The van der Waals surface area contributed by atoms with Gasteiger partial charge in [0.05, 0.1) is 6.10 Å². The molecule has 0 spiro atoms. The Morgan fingerprint density at radius 1 is 1.27 bits per heavy atom. The number of amides is 1. The third kappa shape index (κ3) is 2.60. The van der Waals surface area contributed by atoms with E-state index in [2.05, 4.69) is 15.1 Å². The maximum Gasteiger partial charge on any atom is 0.251 e. The van der Waals surface area contributed by atoms with Crippen molar-refractivity contribution in [2.24, 2.45) is 5.92 Å². The van der Waals surface area contributed by atoms with Crippen molar-refractivity contribution in [3.63, 3.8) is 0 Å². The minimum Gasteiger partial charge on any atom is -0.363 e. The average molecular weight is 322 g/mol. The summed E-state index contributed by atoms with van der Waals surface area (Å²) in [6.45, 7) is 5.62. The molecule has 22 heavy (non-hydrogen) atoms. The van der Waals surface area contributed by atoms with Gasteiger partial charge in [0.15, 0.2) is 0 Å². The van der Waals surface area contributed by atoms with Crippen LogP contribution < -0.4 is 4.90 Å². The van der Waals surface area contributed by atoms with Crippen LogP contribution in [-0.4, -0.2) is 59.4 Å². The molecular weight excluding hydrogens is 300 g/mol. The lowest BCUT2D eigenvalue weighted by Gasteiger charge is -2.33. The van der Waals surface area contributed by atoms with Crippen molar-refractivity contribution in [3.05, 3.63) is 5.01 Å². The normalized spacial score (nSPS) is 31.6. The molecule has 4 rings (SSSR count). The summed E-state index contributed by atoms with van der Waals surface area (Å²) < 4.78 is 6.12. The minimum atomic E-state index is -0.218. The summed E-state index contributed by atoms with van der Waals surface area (Å²) in [5.74, 6) is 0.729. The lowest BCUT2D eigenvalue weighted by atomic mass is 9.92. The van der Waals surface area contributed by atoms with E-state index in [0.29, 0.717) is 5.92 Å². The zero-order valence-corrected chi connectivity index (χ0v) is 13.7. The third-order valence-electron chi connectivity index (χ3n) is 5.03. The Hall–Kier alpha value is -1.21. The molecule has 0 radical (unpaired) electrons. The van der Waals surface area contributed by atoms with Gasteiger partial charge in [0, 0.05) is 26.2 Å². The van der Waals surface area contributed by atoms with Crippen molar-refractivity contribution in [1.82, 2.24) is 15.1 Å². The number of nitrogens with zero attached hydrogens (tertiary/aromatic N) is 4. The monoisotopic (exact) mass is 322 g/mol. The number of fused-ring (bicyclic) bond motifs is 1. The topological polar surface area (TPSA) is 58.6 Å². The van der Waals surface area contributed by atoms with Gasteiger partial charge < -0.3 is 14.5 Å². The number of anilines is 1. The Morgan fingerprint density at radius 3 is 2.82 bits per heavy atom. The van der Waals surface area contributed by atoms with Crippen molar-refractivity contribution in [3.8, 4) is 0 Å². The Morgan fingerprint density at radius 2 is 2.09 bits per heavy atom. The van der Waals surface area contributed by atoms with Crippen molar-refractivity contribution in [1.29, 1.82) is 0 Å². The van der Waals surface area contributed by atoms with Crippen LogP contribution in [0.5, 0.6) is 0 Å². The Kier molecular flexibility index (Phi) is 3.78. The predicted molar refractivity (Wildman–Crippen MR) is 84.1 cm³/mol. The van der Waals surface area contributed by atoms with Crippen LogP contribution in [0.2, 0.25) is 0 Å². The van der Waals surface area contributed by atoms with Crippen molar-refractivity contribution in [2.75, 3.05) is 31.1 Å². The van der Waals surface area contributed by atoms with Crippen LogP contribution in [0, 0.1) is 12.8 Å². The molecule has 1 aromatic heterocycles. The Labute approximate surface area is 134 Å². The number of hydrogen-bond acceptors (Lipinski definition) is 6. The highest BCUT2D eigenvalue weighted by Crippen LogP contribution is 2.36. The van der Waals surface area contributed by atoms with Gasteiger partial charge in [0.1, 0.15) is 11.1 Å². The van der Waals surface area contributed by atoms with Gasteiger partial charge in [-0.2, -0.15) is 0 Å². The van der Waals surface area contributed by atoms with E-state index in [1.54, 1.807) is 11.3 Å². The molecule has 4 heterocycles. The second kappa shape index (κ2) is 5.77. The van der Waals surface area contributed by atoms with E-state index in [4.69, 9.17) is 4.74 Å². The second-order valence-corrected chi connectivity index (χ2v) is 7.69. The van der Waals surface area contributed by atoms with Crippen LogP contribution in [0.15, 0.2) is 0 Å². The van der Waals surface area contributed by atoms with E-state index in [1.165, 1.54) is 0 Å². The van der Waals surface area contributed by atoms with Crippen LogP contribution in [0.4, 0.5) is 5.13 Å². The molecule has 7 heteroatoms. The fraction of sp³-hybridized carbons (Fsp3) is 0.800. The first kappa shape index (κ1) is 14.4. The largest absolute Gasteiger partial charge is 0.363 e. The zero-order chi connectivity index (χ0) is 15.1. The predicted octanol–water partition coefficient (Wildman–Crippen LogP) is 1.45. The number of carbonyl (C=O) groups is 1. The molecule has 1 amide bonds. The van der Waals surface area contributed by atoms with Gasteiger partial charge in [-0.3, -0.25) is 4.79 Å². The molecule has 0 bridgehead atoms. The minimum absolute atomic E-state index is 0.162. The van der Waals surface area contributed by atoms with Crippen LogP contribution in [0.25, 0.3) is 0 Å². The highest BCUT2D eigenvalue weighted by Gasteiger charge is 2.43. The first-order valence-corrected chi connectivity index (χ1v) is 9.01. The van der Waals surface area contributed by atoms with Crippen molar-refractivity contribution < 1.29 is 9.53 Å². The molecule has 0 saturated carbocycles. The number of aromatic nitrogens is 2. The summed E-state index contributed by atoms with van der Waals surface area (Å²) in [5.41, 5.74) is 0. The van der Waals surface area contributed by atoms with Crippen molar-refractivity contribution >= 4 is 22.4 Å². The van der Waals surface area contributed by atoms with Gasteiger partial charge in [-0.15, -0.1) is 10.2 Å². The van der Waals surface area contributed by atoms with Crippen LogP contribution in [0.3, 0.4) is 0 Å². The smallest absolute Gasteiger partial charge is 0.251 e. The van der Waals surface area contributed by atoms with Crippen LogP contribution in [-0.2, 0) is 9.53 Å². The molecule has 3 aliphatic heterocycles. The molecule has 0 aromatic carbocycles. The number of rotatable bonds is 2. The first-order chi connectivity index (χ1) is 10.7. The number of piperidine rings is 1. The fourth-order valence-corrected chi connectivity index (χ4v) is 4.54. The second-order valence-electron chi connectivity index (χ2n) is 6.53. The van der Waals surface area contributed by atoms with Crippen LogP contribution >= 0.6 is 11.3 Å². The number of likely N-dealkylation sites (tertiary alicyclic amines) is 1. The van der Waals surface area contributed by atoms with E-state index in [0.717, 1.165) is 62.0 Å². The molecule has 1 aromatic rings. The summed E-state index contributed by atoms with van der Waals surface area (Å²) in [6, 6.07) is 0.